The van der Waals surface area contributed by atoms with Crippen LogP contribution in [0.1, 0.15) is 30.4 Å². The summed E-state index contributed by atoms with van der Waals surface area (Å²) in [6.45, 7) is 2.17. The second kappa shape index (κ2) is 5.96. The minimum Gasteiger partial charge on any atom is -0.323 e. The van der Waals surface area contributed by atoms with Gasteiger partial charge < -0.3 is 14.2 Å². The molecule has 3 heterocycles. The van der Waals surface area contributed by atoms with E-state index in [1.54, 1.807) is 6.08 Å². The van der Waals surface area contributed by atoms with Crippen molar-refractivity contribution >= 4 is 11.6 Å². The predicted molar refractivity (Wildman–Crippen MR) is 87.6 cm³/mol. The van der Waals surface area contributed by atoms with Crippen LogP contribution in [0.3, 0.4) is 0 Å². The molecule has 1 aromatic carbocycles. The molecule has 0 radical (unpaired) electrons. The number of benzene rings is 1. The Labute approximate surface area is 141 Å². The van der Waals surface area contributed by atoms with Gasteiger partial charge in [0.25, 0.3) is 0 Å². The number of halogens is 1. The summed E-state index contributed by atoms with van der Waals surface area (Å²) in [6.07, 6.45) is 5.46. The summed E-state index contributed by atoms with van der Waals surface area (Å²) >= 11 is 5.45. The average molecular weight is 331 g/mol. The summed E-state index contributed by atoms with van der Waals surface area (Å²) in [4.78, 5) is 0. The second-order valence-electron chi connectivity index (χ2n) is 6.55. The molecule has 0 unspecified atom stereocenters. The van der Waals surface area contributed by atoms with E-state index in [1.807, 2.05) is 24.3 Å². The third kappa shape index (κ3) is 2.60. The van der Waals surface area contributed by atoms with Crippen LogP contribution in [0.25, 0.3) is 0 Å². The number of ether oxygens (including phenoxy) is 3. The van der Waals surface area contributed by atoms with Crippen molar-refractivity contribution in [1.29, 1.82) is 0 Å². The molecule has 0 amide bonds. The normalized spacial score (nSPS) is 33.3. The molecule has 0 spiro atoms. The van der Waals surface area contributed by atoms with E-state index in [0.717, 1.165) is 30.9 Å². The van der Waals surface area contributed by atoms with Crippen molar-refractivity contribution in [3.8, 4) is 11.8 Å². The van der Waals surface area contributed by atoms with Gasteiger partial charge in [-0.15, -0.1) is 0 Å². The highest BCUT2D eigenvalue weighted by molar-refractivity contribution is 6.25. The molecule has 4 heteroatoms. The highest BCUT2D eigenvalue weighted by Gasteiger charge is 2.57. The first-order chi connectivity index (χ1) is 11.3. The fraction of sp³-hybridized carbons (Fsp3) is 0.474. The van der Waals surface area contributed by atoms with Crippen LogP contribution >= 0.6 is 11.6 Å². The fourth-order valence-corrected chi connectivity index (χ4v) is 3.57. The Morgan fingerprint density at radius 1 is 1.04 bits per heavy atom. The first kappa shape index (κ1) is 15.2. The Bertz CT molecular complexity index is 640. The van der Waals surface area contributed by atoms with Gasteiger partial charge in [-0.25, -0.2) is 0 Å². The third-order valence-corrected chi connectivity index (χ3v) is 5.35. The zero-order chi connectivity index (χ0) is 15.8. The number of hydrogen-bond donors (Lipinski definition) is 0. The molecule has 2 bridgehead atoms. The van der Waals surface area contributed by atoms with Crippen LogP contribution in [-0.2, 0) is 20.2 Å². The highest BCUT2D eigenvalue weighted by atomic mass is 35.5. The molecular weight excluding hydrogens is 312 g/mol. The molecule has 120 valence electrons. The Morgan fingerprint density at radius 2 is 1.70 bits per heavy atom. The smallest absolute Gasteiger partial charge is 0.312 e. The molecule has 0 atom stereocenters. The zero-order valence-electron chi connectivity index (χ0n) is 12.9. The standard InChI is InChI=1S/C19H19ClO3/c20-11-2-1-4-15-7-9-17(10-8-15)19-21-12-18(13-22-19,14-23-19)16-5-3-6-16/h2,7-11,16H,3,5-6,12-14H2/b11-2-. The maximum atomic E-state index is 6.04. The van der Waals surface area contributed by atoms with E-state index in [1.165, 1.54) is 24.8 Å². The van der Waals surface area contributed by atoms with Gasteiger partial charge in [0.2, 0.25) is 0 Å². The van der Waals surface area contributed by atoms with Gasteiger partial charge in [-0.05, 0) is 49.1 Å². The molecule has 0 aromatic heterocycles. The van der Waals surface area contributed by atoms with Crippen LogP contribution in [0.15, 0.2) is 35.9 Å². The summed E-state index contributed by atoms with van der Waals surface area (Å²) in [5.74, 6) is 5.52. The largest absolute Gasteiger partial charge is 0.323 e. The Balaban J connectivity index is 1.50. The minimum atomic E-state index is -1.03. The van der Waals surface area contributed by atoms with E-state index in [9.17, 15) is 0 Å². The van der Waals surface area contributed by atoms with Crippen LogP contribution in [-0.4, -0.2) is 19.8 Å². The summed E-state index contributed by atoms with van der Waals surface area (Å²) in [5, 5.41) is 0. The quantitative estimate of drug-likeness (QED) is 0.773. The second-order valence-corrected chi connectivity index (χ2v) is 6.80. The number of allylic oxidation sites excluding steroid dienone is 1. The lowest BCUT2D eigenvalue weighted by molar-refractivity contribution is -0.487. The first-order valence-corrected chi connectivity index (χ1v) is 8.49. The number of fused-ring (bicyclic) bond motifs is 3. The van der Waals surface area contributed by atoms with E-state index < -0.39 is 5.97 Å². The van der Waals surface area contributed by atoms with Crippen molar-refractivity contribution in [2.45, 2.75) is 25.2 Å². The monoisotopic (exact) mass is 330 g/mol. The van der Waals surface area contributed by atoms with E-state index in [4.69, 9.17) is 25.8 Å². The summed E-state index contributed by atoms with van der Waals surface area (Å²) in [7, 11) is 0. The molecule has 23 heavy (non-hydrogen) atoms. The van der Waals surface area contributed by atoms with Crippen molar-refractivity contribution in [3.63, 3.8) is 0 Å². The van der Waals surface area contributed by atoms with Crippen LogP contribution in [0.5, 0.6) is 0 Å². The van der Waals surface area contributed by atoms with Crippen molar-refractivity contribution in [2.75, 3.05) is 19.8 Å². The molecule has 1 aliphatic carbocycles. The topological polar surface area (TPSA) is 27.7 Å². The number of hydrogen-bond acceptors (Lipinski definition) is 3. The molecule has 4 aliphatic rings. The fourth-order valence-electron chi connectivity index (χ4n) is 3.50. The molecular formula is C19H19ClO3. The van der Waals surface area contributed by atoms with E-state index in [0.29, 0.717) is 5.92 Å². The van der Waals surface area contributed by atoms with Crippen molar-refractivity contribution in [3.05, 3.63) is 47.0 Å². The molecule has 1 aromatic rings. The van der Waals surface area contributed by atoms with Gasteiger partial charge in [-0.3, -0.25) is 0 Å². The third-order valence-electron chi connectivity index (χ3n) is 5.22. The van der Waals surface area contributed by atoms with Crippen LogP contribution < -0.4 is 0 Å². The van der Waals surface area contributed by atoms with Crippen molar-refractivity contribution in [1.82, 2.24) is 0 Å². The molecule has 1 saturated carbocycles. The Hall–Kier alpha value is -1.31. The van der Waals surface area contributed by atoms with Crippen LogP contribution in [0.4, 0.5) is 0 Å². The highest BCUT2D eigenvalue weighted by Crippen LogP contribution is 2.52. The number of rotatable bonds is 2. The zero-order valence-corrected chi connectivity index (χ0v) is 13.6. The average Bonchev–Trinajstić information content (AvgIpc) is 2.56. The lowest BCUT2D eigenvalue weighted by Crippen LogP contribution is -2.61. The molecule has 3 saturated heterocycles. The van der Waals surface area contributed by atoms with Crippen LogP contribution in [0, 0.1) is 23.2 Å². The molecule has 4 fully saturated rings. The van der Waals surface area contributed by atoms with Crippen molar-refractivity contribution in [2.24, 2.45) is 11.3 Å². The summed E-state index contributed by atoms with van der Waals surface area (Å²) < 4.78 is 18.1. The van der Waals surface area contributed by atoms with Gasteiger partial charge in [-0.1, -0.05) is 29.9 Å². The molecule has 5 rings (SSSR count). The van der Waals surface area contributed by atoms with E-state index in [-0.39, 0.29) is 5.41 Å². The Morgan fingerprint density at radius 3 is 2.22 bits per heavy atom. The SMILES string of the molecule is Cl/C=C\C#Cc1ccc(C23OCC(C4CCC4)(CO2)CO3)cc1. The minimum absolute atomic E-state index is 0.0688. The first-order valence-electron chi connectivity index (χ1n) is 8.06. The van der Waals surface area contributed by atoms with Gasteiger partial charge in [0.05, 0.1) is 19.8 Å². The lowest BCUT2D eigenvalue weighted by Gasteiger charge is -2.56. The van der Waals surface area contributed by atoms with Crippen LogP contribution in [0.2, 0.25) is 0 Å². The Kier molecular flexibility index (Phi) is 3.95. The lowest BCUT2D eigenvalue weighted by atomic mass is 9.65. The van der Waals surface area contributed by atoms with Crippen molar-refractivity contribution < 1.29 is 14.2 Å². The molecule has 3 aliphatic heterocycles. The summed E-state index contributed by atoms with van der Waals surface area (Å²) in [6, 6.07) is 7.79. The predicted octanol–water partition coefficient (Wildman–Crippen LogP) is 3.76. The van der Waals surface area contributed by atoms with Gasteiger partial charge >= 0.3 is 5.97 Å². The van der Waals surface area contributed by atoms with E-state index >= 15 is 0 Å². The molecule has 3 nitrogen and oxygen atoms in total. The maximum Gasteiger partial charge on any atom is 0.312 e. The van der Waals surface area contributed by atoms with E-state index in [2.05, 4.69) is 11.8 Å². The maximum absolute atomic E-state index is 6.04. The van der Waals surface area contributed by atoms with Gasteiger partial charge in [0.15, 0.2) is 0 Å². The molecule has 0 N–H and O–H groups in total. The summed E-state index contributed by atoms with van der Waals surface area (Å²) in [5.41, 5.74) is 3.27. The van der Waals surface area contributed by atoms with Gasteiger partial charge in [0.1, 0.15) is 0 Å². The van der Waals surface area contributed by atoms with Gasteiger partial charge in [-0.2, -0.15) is 0 Å². The van der Waals surface area contributed by atoms with Gasteiger partial charge in [0, 0.05) is 22.1 Å².